The lowest BCUT2D eigenvalue weighted by atomic mass is 10.3. The summed E-state index contributed by atoms with van der Waals surface area (Å²) in [6.07, 6.45) is 2.47. The first kappa shape index (κ1) is 15.8. The SMILES string of the molecule is Cc1ncc(C[n+]2cs[13c](CCO)[13c]2[13CH3])c(N)n1.[Cl-]. The van der Waals surface area contributed by atoms with Crippen molar-refractivity contribution >= 4 is 17.2 Å². The van der Waals surface area contributed by atoms with Gasteiger partial charge in [0.1, 0.15) is 11.6 Å². The van der Waals surface area contributed by atoms with Gasteiger partial charge in [-0.2, -0.15) is 4.57 Å². The van der Waals surface area contributed by atoms with Gasteiger partial charge in [-0.05, 0) is 6.92 Å². The highest BCUT2D eigenvalue weighted by Gasteiger charge is 2.16. The number of aryl methyl sites for hydroxylation is 1. The van der Waals surface area contributed by atoms with E-state index >= 15 is 0 Å². The van der Waals surface area contributed by atoms with E-state index in [1.54, 1.807) is 17.5 Å². The zero-order valence-electron chi connectivity index (χ0n) is 10.9. The number of hydrogen-bond donors (Lipinski definition) is 2. The Morgan fingerprint density at radius 3 is 2.79 bits per heavy atom. The predicted octanol–water partition coefficient (Wildman–Crippen LogP) is -2.39. The fourth-order valence-corrected chi connectivity index (χ4v) is 2.75. The van der Waals surface area contributed by atoms with E-state index < -0.39 is 0 Å². The van der Waals surface area contributed by atoms with Crippen LogP contribution in [0.2, 0.25) is 0 Å². The fourth-order valence-electron chi connectivity index (χ4n) is 1.77. The molecule has 2 rings (SSSR count). The Bertz CT molecular complexity index is 559. The number of hydrogen-bond acceptors (Lipinski definition) is 5. The second kappa shape index (κ2) is 6.79. The van der Waals surface area contributed by atoms with Gasteiger partial charge in [-0.1, -0.05) is 11.3 Å². The largest absolute Gasteiger partial charge is 1.00 e. The normalized spacial score (nSPS) is 10.3. The topological polar surface area (TPSA) is 75.9 Å². The van der Waals surface area contributed by atoms with Gasteiger partial charge in [0.2, 0.25) is 5.51 Å². The molecule has 0 atom stereocenters. The molecule has 0 aliphatic heterocycles. The summed E-state index contributed by atoms with van der Waals surface area (Å²) in [6, 6.07) is 0. The molecular weight excluding hydrogens is 287 g/mol. The number of nitrogens with zero attached hydrogens (tertiary/aromatic N) is 3. The minimum atomic E-state index is 0. The molecule has 0 fully saturated rings. The molecule has 0 aliphatic rings. The number of aromatic nitrogens is 3. The zero-order chi connectivity index (χ0) is 13.1. The number of halogens is 1. The van der Waals surface area contributed by atoms with Crippen molar-refractivity contribution < 1.29 is 22.1 Å². The number of aliphatic hydroxyl groups excluding tert-OH is 1. The zero-order valence-corrected chi connectivity index (χ0v) is 12.5. The molecule has 0 amide bonds. The van der Waals surface area contributed by atoms with Crippen LogP contribution in [0.25, 0.3) is 0 Å². The van der Waals surface area contributed by atoms with Gasteiger partial charge in [0.15, 0.2) is 12.2 Å². The van der Waals surface area contributed by atoms with Crippen LogP contribution < -0.4 is 22.7 Å². The van der Waals surface area contributed by atoms with E-state index in [9.17, 15) is 0 Å². The molecule has 3 N–H and O–H groups in total. The van der Waals surface area contributed by atoms with Gasteiger partial charge in [0.05, 0.1) is 10.4 Å². The number of rotatable bonds is 4. The standard InChI is InChI=1S/C12H17N4OS.ClH/c1-8-11(3-4-17)18-7-16(8)6-10-5-14-9(2)15-12(10)13;/h5,7,17H,3-4,6H2,1-2H3,(H2,13,14,15);1H/q+1;/p-1/i1+1,8+1,11+1;. The molecule has 104 valence electrons. The van der Waals surface area contributed by atoms with Crippen LogP contribution in [0.3, 0.4) is 0 Å². The number of thiazole rings is 1. The highest BCUT2D eigenvalue weighted by Crippen LogP contribution is 2.13. The van der Waals surface area contributed by atoms with Crippen molar-refractivity contribution in [3.63, 3.8) is 0 Å². The number of nitrogens with two attached hydrogens (primary N) is 1. The van der Waals surface area contributed by atoms with Crippen molar-refractivity contribution in [3.8, 4) is 0 Å². The first-order valence-electron chi connectivity index (χ1n) is 5.77. The number of nitrogen functional groups attached to an aromatic ring is 1. The van der Waals surface area contributed by atoms with Gasteiger partial charge in [0.25, 0.3) is 0 Å². The molecule has 0 aliphatic carbocycles. The van der Waals surface area contributed by atoms with Crippen LogP contribution in [0.15, 0.2) is 11.7 Å². The number of aliphatic hydroxyl groups is 1. The number of anilines is 1. The maximum atomic E-state index is 8.98. The van der Waals surface area contributed by atoms with Crippen molar-refractivity contribution in [1.29, 1.82) is 0 Å². The van der Waals surface area contributed by atoms with Crippen LogP contribution in [0, 0.1) is 13.8 Å². The predicted molar refractivity (Wildman–Crippen MR) is 70.3 cm³/mol. The Hall–Kier alpha value is -1.24. The Morgan fingerprint density at radius 1 is 1.42 bits per heavy atom. The first-order valence-corrected chi connectivity index (χ1v) is 6.65. The molecule has 0 unspecified atom stereocenters. The van der Waals surface area contributed by atoms with Gasteiger partial charge in [-0.15, -0.1) is 0 Å². The molecule has 5 nitrogen and oxygen atoms in total. The highest BCUT2D eigenvalue weighted by molar-refractivity contribution is 7.09. The van der Waals surface area contributed by atoms with Crippen molar-refractivity contribution in [2.75, 3.05) is 12.3 Å². The van der Waals surface area contributed by atoms with E-state index in [0.29, 0.717) is 24.6 Å². The summed E-state index contributed by atoms with van der Waals surface area (Å²) < 4.78 is 2.11. The summed E-state index contributed by atoms with van der Waals surface area (Å²) in [7, 11) is 0. The summed E-state index contributed by atoms with van der Waals surface area (Å²) in [5, 5.41) is 8.98. The summed E-state index contributed by atoms with van der Waals surface area (Å²) in [4.78, 5) is 9.53. The van der Waals surface area contributed by atoms with Crippen LogP contribution in [0.4, 0.5) is 5.82 Å². The summed E-state index contributed by atoms with van der Waals surface area (Å²) in [5.41, 5.74) is 10.0. The summed E-state index contributed by atoms with van der Waals surface area (Å²) >= 11 is 1.65. The molecule has 0 saturated heterocycles. The molecule has 0 spiro atoms. The van der Waals surface area contributed by atoms with Crippen LogP contribution in [0.5, 0.6) is 0 Å². The van der Waals surface area contributed by atoms with Gasteiger partial charge in [-0.3, -0.25) is 0 Å². The van der Waals surface area contributed by atoms with Crippen LogP contribution in [-0.4, -0.2) is 21.7 Å². The molecule has 0 bridgehead atoms. The molecule has 0 radical (unpaired) electrons. The average Bonchev–Trinajstić information content (AvgIpc) is 2.66. The van der Waals surface area contributed by atoms with Gasteiger partial charge in [-0.25, -0.2) is 9.97 Å². The molecule has 2 heterocycles. The monoisotopic (exact) mass is 303 g/mol. The van der Waals surface area contributed by atoms with E-state index in [0.717, 1.165) is 11.3 Å². The van der Waals surface area contributed by atoms with Crippen molar-refractivity contribution in [3.05, 3.63) is 33.7 Å². The third-order valence-corrected chi connectivity index (χ3v) is 4.00. The summed E-state index contributed by atoms with van der Waals surface area (Å²) in [6.45, 7) is 4.71. The van der Waals surface area contributed by atoms with E-state index in [4.69, 9.17) is 10.8 Å². The van der Waals surface area contributed by atoms with E-state index in [1.807, 2.05) is 19.4 Å². The Kier molecular flexibility index (Phi) is 5.65. The second-order valence-electron chi connectivity index (χ2n) is 4.16. The second-order valence-corrected chi connectivity index (χ2v) is 5.10. The summed E-state index contributed by atoms with van der Waals surface area (Å²) in [5.74, 6) is 1.22. The Balaban J connectivity index is 0.00000180. The van der Waals surface area contributed by atoms with Crippen molar-refractivity contribution in [1.82, 2.24) is 9.97 Å². The maximum Gasteiger partial charge on any atom is 0.225 e. The Labute approximate surface area is 122 Å². The quantitative estimate of drug-likeness (QED) is 0.488. The Morgan fingerprint density at radius 2 is 2.16 bits per heavy atom. The molecule has 0 saturated carbocycles. The van der Waals surface area contributed by atoms with E-state index in [-0.39, 0.29) is 19.0 Å². The smallest absolute Gasteiger partial charge is 0.225 e. The third-order valence-electron chi connectivity index (χ3n) is 2.85. The molecule has 19 heavy (non-hydrogen) atoms. The first-order chi connectivity index (χ1) is 8.61. The molecular formula is C12H17ClN4OS. The minimum absolute atomic E-state index is 0. The van der Waals surface area contributed by atoms with Gasteiger partial charge >= 0.3 is 0 Å². The molecule has 2 aromatic rings. The van der Waals surface area contributed by atoms with Crippen molar-refractivity contribution in [2.24, 2.45) is 0 Å². The maximum absolute atomic E-state index is 8.98. The average molecular weight is 304 g/mol. The molecule has 7 heteroatoms. The van der Waals surface area contributed by atoms with E-state index in [2.05, 4.69) is 14.5 Å². The fraction of sp³-hybridized carbons (Fsp3) is 0.417. The lowest BCUT2D eigenvalue weighted by molar-refractivity contribution is -0.689. The minimum Gasteiger partial charge on any atom is -1.00 e. The highest BCUT2D eigenvalue weighted by atomic mass is 35.5. The third kappa shape index (κ3) is 3.62. The van der Waals surface area contributed by atoms with Gasteiger partial charge in [0, 0.05) is 26.1 Å². The van der Waals surface area contributed by atoms with Crippen LogP contribution in [-0.2, 0) is 13.0 Å². The lowest BCUT2D eigenvalue weighted by Gasteiger charge is -2.01. The van der Waals surface area contributed by atoms with Crippen LogP contribution in [0.1, 0.15) is 22.0 Å². The van der Waals surface area contributed by atoms with Gasteiger partial charge < -0.3 is 23.2 Å². The van der Waals surface area contributed by atoms with Crippen molar-refractivity contribution in [2.45, 2.75) is 26.8 Å². The molecule has 2 aromatic heterocycles. The van der Waals surface area contributed by atoms with E-state index in [1.165, 1.54) is 4.88 Å². The van der Waals surface area contributed by atoms with Crippen LogP contribution >= 0.6 is 11.3 Å². The molecule has 0 aromatic carbocycles. The lowest BCUT2D eigenvalue weighted by Crippen LogP contribution is -3.00.